The van der Waals surface area contributed by atoms with E-state index in [9.17, 15) is 13.2 Å². The number of hydrogen-bond donors (Lipinski definition) is 0. The fraction of sp³-hybridized carbons (Fsp3) is 0.750. The largest absolute Gasteiger partial charge is 0.280 e. The highest BCUT2D eigenvalue weighted by Gasteiger charge is 2.46. The fourth-order valence-corrected chi connectivity index (χ4v) is 1.67. The van der Waals surface area contributed by atoms with Crippen molar-refractivity contribution in [2.45, 2.75) is 24.6 Å². The maximum atomic E-state index is 13.3. The summed E-state index contributed by atoms with van der Waals surface area (Å²) in [6, 6.07) is 0. The highest BCUT2D eigenvalue weighted by atomic mass is 35.5. The zero-order valence-corrected chi connectivity index (χ0v) is 10.9. The van der Waals surface area contributed by atoms with Gasteiger partial charge < -0.3 is 0 Å². The smallest absolute Gasteiger partial charge is 0.209 e. The molecule has 0 fully saturated rings. The zero-order chi connectivity index (χ0) is 12.4. The summed E-state index contributed by atoms with van der Waals surface area (Å²) in [5, 5.41) is 0. The summed E-state index contributed by atoms with van der Waals surface area (Å²) >= 11 is 20.5. The van der Waals surface area contributed by atoms with E-state index in [1.54, 1.807) is 0 Å². The Balaban J connectivity index is 4.88. The van der Waals surface area contributed by atoms with Gasteiger partial charge >= 0.3 is 0 Å². The van der Waals surface area contributed by atoms with Gasteiger partial charge in [0.05, 0.1) is 0 Å². The molecule has 2 unspecified atom stereocenters. The molecule has 0 N–H and O–H groups in total. The number of halogens is 7. The van der Waals surface area contributed by atoms with Crippen molar-refractivity contribution in [3.8, 4) is 0 Å². The quantitative estimate of drug-likeness (QED) is 0.617. The lowest BCUT2D eigenvalue weighted by Gasteiger charge is -2.28. The second kappa shape index (κ2) is 5.85. The van der Waals surface area contributed by atoms with Crippen molar-refractivity contribution in [3.05, 3.63) is 10.3 Å². The van der Waals surface area contributed by atoms with E-state index >= 15 is 0 Å². The lowest BCUT2D eigenvalue weighted by atomic mass is 9.90. The Morgan fingerprint density at radius 3 is 1.80 bits per heavy atom. The van der Waals surface area contributed by atoms with Crippen LogP contribution in [0.25, 0.3) is 0 Å². The topological polar surface area (TPSA) is 0 Å². The van der Waals surface area contributed by atoms with Crippen LogP contribution in [0, 0.1) is 11.8 Å². The Hall–Kier alpha value is 0.690. The van der Waals surface area contributed by atoms with Crippen molar-refractivity contribution in [3.63, 3.8) is 0 Å². The first-order valence-electron chi connectivity index (χ1n) is 3.99. The second-order valence-electron chi connectivity index (χ2n) is 3.16. The Labute approximate surface area is 106 Å². The van der Waals surface area contributed by atoms with Gasteiger partial charge in [-0.25, -0.2) is 13.2 Å². The van der Waals surface area contributed by atoms with Crippen molar-refractivity contribution in [2.75, 3.05) is 0 Å². The summed E-state index contributed by atoms with van der Waals surface area (Å²) < 4.78 is 39.0. The molecule has 7 heteroatoms. The molecule has 0 aliphatic carbocycles. The van der Waals surface area contributed by atoms with Crippen LogP contribution in [-0.2, 0) is 0 Å². The number of allylic oxidation sites excluding steroid dienone is 1. The molecule has 0 nitrogen and oxygen atoms in total. The van der Waals surface area contributed by atoms with Gasteiger partial charge in [-0.1, -0.05) is 60.3 Å². The maximum Gasteiger partial charge on any atom is 0.280 e. The highest BCUT2D eigenvalue weighted by molar-refractivity contribution is 6.56. The summed E-state index contributed by atoms with van der Waals surface area (Å²) in [5.41, 5.74) is 0. The predicted molar refractivity (Wildman–Crippen MR) is 58.6 cm³/mol. The molecule has 0 radical (unpaired) electrons. The van der Waals surface area contributed by atoms with Gasteiger partial charge in [0.25, 0.3) is 5.92 Å². The zero-order valence-electron chi connectivity index (χ0n) is 7.88. The molecular weight excluding hydrogens is 295 g/mol. The lowest BCUT2D eigenvalue weighted by molar-refractivity contribution is -0.0548. The van der Waals surface area contributed by atoms with Crippen molar-refractivity contribution >= 4 is 46.4 Å². The van der Waals surface area contributed by atoms with Crippen LogP contribution < -0.4 is 0 Å². The number of hydrogen-bond acceptors (Lipinski definition) is 0. The van der Waals surface area contributed by atoms with Crippen molar-refractivity contribution < 1.29 is 13.2 Å². The summed E-state index contributed by atoms with van der Waals surface area (Å²) in [5.74, 6) is -6.99. The average Bonchev–Trinajstić information content (AvgIpc) is 2.13. The van der Waals surface area contributed by atoms with Crippen LogP contribution in [0.15, 0.2) is 10.3 Å². The van der Waals surface area contributed by atoms with E-state index in [1.165, 1.54) is 6.92 Å². The van der Waals surface area contributed by atoms with Crippen LogP contribution in [0.1, 0.15) is 13.8 Å². The van der Waals surface area contributed by atoms with E-state index in [-0.39, 0.29) is 0 Å². The van der Waals surface area contributed by atoms with Gasteiger partial charge in [0, 0.05) is 11.8 Å². The molecule has 0 amide bonds. The first-order chi connectivity index (χ1) is 6.62. The van der Waals surface area contributed by atoms with Gasteiger partial charge in [-0.3, -0.25) is 0 Å². The monoisotopic (exact) mass is 302 g/mol. The molecule has 0 aromatic carbocycles. The van der Waals surface area contributed by atoms with Gasteiger partial charge in [-0.05, 0) is 0 Å². The van der Waals surface area contributed by atoms with Gasteiger partial charge in [0.2, 0.25) is 0 Å². The van der Waals surface area contributed by atoms with Gasteiger partial charge in [0.1, 0.15) is 10.3 Å². The Kier molecular flexibility index (Phi) is 6.12. The highest BCUT2D eigenvalue weighted by Crippen LogP contribution is 2.41. The SMILES string of the molecule is CC(C(F)=C(Cl)Cl)C(C)C(F)(F)C(Cl)Cl. The predicted octanol–water partition coefficient (Wildman–Crippen LogP) is 5.31. The third-order valence-electron chi connectivity index (χ3n) is 2.23. The summed E-state index contributed by atoms with van der Waals surface area (Å²) in [6.45, 7) is 2.35. The minimum absolute atomic E-state index is 0.661. The number of rotatable bonds is 4. The standard InChI is InChI=1S/C8H9Cl4F3/c1-3(5(13)6(9)10)4(2)8(14,15)7(11)12/h3-4,7H,1-2H3. The first-order valence-corrected chi connectivity index (χ1v) is 5.61. The maximum absolute atomic E-state index is 13.3. The van der Waals surface area contributed by atoms with E-state index < -0.39 is 32.9 Å². The van der Waals surface area contributed by atoms with Gasteiger partial charge in [-0.2, -0.15) is 0 Å². The second-order valence-corrected chi connectivity index (χ2v) is 5.21. The fourth-order valence-electron chi connectivity index (χ4n) is 0.924. The van der Waals surface area contributed by atoms with E-state index in [2.05, 4.69) is 0 Å². The molecule has 0 aliphatic rings. The first kappa shape index (κ1) is 15.7. The summed E-state index contributed by atoms with van der Waals surface area (Å²) in [6.07, 6.45) is 0. The van der Waals surface area contributed by atoms with Crippen LogP contribution in [0.2, 0.25) is 0 Å². The van der Waals surface area contributed by atoms with Gasteiger partial charge in [-0.15, -0.1) is 0 Å². The van der Waals surface area contributed by atoms with Crippen LogP contribution >= 0.6 is 46.4 Å². The van der Waals surface area contributed by atoms with Crippen LogP contribution in [0.5, 0.6) is 0 Å². The molecule has 0 saturated carbocycles. The third kappa shape index (κ3) is 3.88. The minimum Gasteiger partial charge on any atom is -0.209 e. The van der Waals surface area contributed by atoms with E-state index in [0.717, 1.165) is 6.92 Å². The average molecular weight is 304 g/mol. The van der Waals surface area contributed by atoms with Crippen LogP contribution in [-0.4, -0.2) is 10.8 Å². The van der Waals surface area contributed by atoms with Crippen molar-refractivity contribution in [1.29, 1.82) is 0 Å². The molecular formula is C8H9Cl4F3. The Morgan fingerprint density at radius 2 is 1.53 bits per heavy atom. The Morgan fingerprint density at radius 1 is 1.13 bits per heavy atom. The molecule has 0 saturated heterocycles. The van der Waals surface area contributed by atoms with Crippen molar-refractivity contribution in [2.24, 2.45) is 11.8 Å². The molecule has 15 heavy (non-hydrogen) atoms. The third-order valence-corrected chi connectivity index (χ3v) is 3.17. The van der Waals surface area contributed by atoms with Gasteiger partial charge in [0.15, 0.2) is 4.84 Å². The molecule has 2 atom stereocenters. The normalized spacial score (nSPS) is 16.4. The van der Waals surface area contributed by atoms with Crippen molar-refractivity contribution in [1.82, 2.24) is 0 Å². The van der Waals surface area contributed by atoms with Crippen LogP contribution in [0.4, 0.5) is 13.2 Å². The Bertz CT molecular complexity index is 248. The lowest BCUT2D eigenvalue weighted by Crippen LogP contribution is -2.37. The molecule has 0 aromatic rings. The molecule has 0 rings (SSSR count). The van der Waals surface area contributed by atoms with E-state index in [4.69, 9.17) is 46.4 Å². The summed E-state index contributed by atoms with van der Waals surface area (Å²) in [7, 11) is 0. The molecule has 0 bridgehead atoms. The minimum atomic E-state index is -3.41. The van der Waals surface area contributed by atoms with Crippen LogP contribution in [0.3, 0.4) is 0 Å². The molecule has 0 aromatic heterocycles. The molecule has 0 spiro atoms. The molecule has 0 heterocycles. The summed E-state index contributed by atoms with van der Waals surface area (Å²) in [4.78, 5) is -1.91. The number of alkyl halides is 4. The van der Waals surface area contributed by atoms with E-state index in [1.807, 2.05) is 0 Å². The van der Waals surface area contributed by atoms with E-state index in [0.29, 0.717) is 0 Å². The molecule has 90 valence electrons. The molecule has 0 aliphatic heterocycles.